The molecular formula is C12H18FN3. The van der Waals surface area contributed by atoms with Gasteiger partial charge in [0.1, 0.15) is 5.83 Å². The fourth-order valence-corrected chi connectivity index (χ4v) is 2.38. The molecule has 2 heterocycles. The second kappa shape index (κ2) is 4.47. The van der Waals surface area contributed by atoms with Gasteiger partial charge in [-0.15, -0.1) is 0 Å². The minimum atomic E-state index is -0.314. The first kappa shape index (κ1) is 11.5. The summed E-state index contributed by atoms with van der Waals surface area (Å²) in [5.74, 6) is -0.314. The first-order valence-electron chi connectivity index (χ1n) is 5.62. The zero-order chi connectivity index (χ0) is 11.6. The lowest BCUT2D eigenvalue weighted by Gasteiger charge is -2.56. The molecule has 2 aliphatic rings. The third-order valence-corrected chi connectivity index (χ3v) is 3.23. The Bertz CT molecular complexity index is 334. The van der Waals surface area contributed by atoms with E-state index in [0.29, 0.717) is 17.7 Å². The van der Waals surface area contributed by atoms with Crippen LogP contribution in [0, 0.1) is 5.41 Å². The van der Waals surface area contributed by atoms with Crippen molar-refractivity contribution in [2.24, 2.45) is 10.4 Å². The van der Waals surface area contributed by atoms with Crippen LogP contribution in [-0.4, -0.2) is 43.8 Å². The van der Waals surface area contributed by atoms with Crippen molar-refractivity contribution >= 4 is 6.21 Å². The summed E-state index contributed by atoms with van der Waals surface area (Å²) in [5, 5.41) is 3.28. The maximum absolute atomic E-state index is 13.4. The highest BCUT2D eigenvalue weighted by Crippen LogP contribution is 2.34. The van der Waals surface area contributed by atoms with Crippen LogP contribution in [0.2, 0.25) is 0 Å². The smallest absolute Gasteiger partial charge is 0.145 e. The quantitative estimate of drug-likeness (QED) is 0.575. The van der Waals surface area contributed by atoms with Crippen molar-refractivity contribution < 1.29 is 4.39 Å². The van der Waals surface area contributed by atoms with Gasteiger partial charge < -0.3 is 5.32 Å². The molecule has 4 heteroatoms. The first-order chi connectivity index (χ1) is 7.69. The van der Waals surface area contributed by atoms with E-state index in [2.05, 4.69) is 21.8 Å². The van der Waals surface area contributed by atoms with Crippen molar-refractivity contribution in [3.05, 3.63) is 24.2 Å². The average molecular weight is 223 g/mol. The molecule has 0 aliphatic carbocycles. The van der Waals surface area contributed by atoms with Crippen LogP contribution >= 0.6 is 0 Å². The molecule has 0 aromatic carbocycles. The molecule has 0 saturated carbocycles. The zero-order valence-corrected chi connectivity index (χ0v) is 9.67. The number of rotatable bonds is 4. The standard InChI is InChI=1S/C12H18FN3/c1-3-10(13)11(15-4-2)5-16-8-12(9-16)6-14-7-12/h3-4,14H,1,5-9H2,2H3/b11-10+,15-4?. The van der Waals surface area contributed by atoms with Crippen LogP contribution in [0.4, 0.5) is 4.39 Å². The summed E-state index contributed by atoms with van der Waals surface area (Å²) in [4.78, 5) is 6.29. The minimum Gasteiger partial charge on any atom is -0.315 e. The molecule has 88 valence electrons. The number of allylic oxidation sites excluding steroid dienone is 2. The van der Waals surface area contributed by atoms with Crippen molar-refractivity contribution in [2.45, 2.75) is 6.92 Å². The SMILES string of the molecule is C=C/C(F)=C(/CN1CC2(CNC2)C1)N=CC. The van der Waals surface area contributed by atoms with E-state index in [1.165, 1.54) is 6.08 Å². The Morgan fingerprint density at radius 2 is 2.25 bits per heavy atom. The molecule has 0 aromatic rings. The number of halogens is 1. The molecule has 0 bridgehead atoms. The summed E-state index contributed by atoms with van der Waals surface area (Å²) in [5.41, 5.74) is 0.964. The maximum atomic E-state index is 13.4. The van der Waals surface area contributed by atoms with E-state index < -0.39 is 0 Å². The average Bonchev–Trinajstić information content (AvgIpc) is 2.17. The summed E-state index contributed by atoms with van der Waals surface area (Å²) in [6.45, 7) is 10.1. The molecule has 1 spiro atoms. The van der Waals surface area contributed by atoms with Crippen molar-refractivity contribution in [1.82, 2.24) is 10.2 Å². The Balaban J connectivity index is 1.90. The van der Waals surface area contributed by atoms with Gasteiger partial charge in [-0.1, -0.05) is 6.58 Å². The summed E-state index contributed by atoms with van der Waals surface area (Å²) >= 11 is 0. The molecule has 2 rings (SSSR count). The van der Waals surface area contributed by atoms with Gasteiger partial charge in [0.2, 0.25) is 0 Å². The molecule has 0 amide bonds. The van der Waals surface area contributed by atoms with Gasteiger partial charge in [-0.05, 0) is 13.0 Å². The van der Waals surface area contributed by atoms with E-state index in [9.17, 15) is 4.39 Å². The van der Waals surface area contributed by atoms with Gasteiger partial charge in [0.05, 0.1) is 5.70 Å². The summed E-state index contributed by atoms with van der Waals surface area (Å²) in [7, 11) is 0. The van der Waals surface area contributed by atoms with Crippen LogP contribution in [0.1, 0.15) is 6.92 Å². The predicted molar refractivity (Wildman–Crippen MR) is 64.2 cm³/mol. The largest absolute Gasteiger partial charge is 0.315 e. The van der Waals surface area contributed by atoms with Gasteiger partial charge in [-0.3, -0.25) is 9.89 Å². The van der Waals surface area contributed by atoms with Crippen LogP contribution in [0.25, 0.3) is 0 Å². The second-order valence-corrected chi connectivity index (χ2v) is 4.63. The molecule has 2 saturated heterocycles. The van der Waals surface area contributed by atoms with Gasteiger partial charge in [0, 0.05) is 44.4 Å². The van der Waals surface area contributed by atoms with Gasteiger partial charge in [-0.25, -0.2) is 4.39 Å². The summed E-state index contributed by atoms with van der Waals surface area (Å²) < 4.78 is 13.4. The molecule has 2 aliphatic heterocycles. The highest BCUT2D eigenvalue weighted by Gasteiger charge is 2.47. The normalized spacial score (nSPS) is 25.1. The van der Waals surface area contributed by atoms with Gasteiger partial charge in [0.25, 0.3) is 0 Å². The Hall–Kier alpha value is -1.00. The number of nitrogens with zero attached hydrogens (tertiary/aromatic N) is 2. The number of hydrogen-bond donors (Lipinski definition) is 1. The number of likely N-dealkylation sites (tertiary alicyclic amines) is 1. The van der Waals surface area contributed by atoms with E-state index >= 15 is 0 Å². The van der Waals surface area contributed by atoms with Gasteiger partial charge in [-0.2, -0.15) is 0 Å². The molecule has 0 atom stereocenters. The van der Waals surface area contributed by atoms with E-state index in [-0.39, 0.29) is 5.83 Å². The highest BCUT2D eigenvalue weighted by molar-refractivity contribution is 5.55. The van der Waals surface area contributed by atoms with Gasteiger partial charge in [0.15, 0.2) is 0 Å². The van der Waals surface area contributed by atoms with Crippen molar-refractivity contribution in [2.75, 3.05) is 32.7 Å². The topological polar surface area (TPSA) is 27.6 Å². The van der Waals surface area contributed by atoms with Crippen molar-refractivity contribution in [1.29, 1.82) is 0 Å². The predicted octanol–water partition coefficient (Wildman–Crippen LogP) is 1.35. The molecule has 2 fully saturated rings. The van der Waals surface area contributed by atoms with Crippen LogP contribution in [0.3, 0.4) is 0 Å². The van der Waals surface area contributed by atoms with Crippen molar-refractivity contribution in [3.8, 4) is 0 Å². The lowest BCUT2D eigenvalue weighted by atomic mass is 9.74. The van der Waals surface area contributed by atoms with Crippen LogP contribution in [0.5, 0.6) is 0 Å². The molecular weight excluding hydrogens is 205 g/mol. The highest BCUT2D eigenvalue weighted by atomic mass is 19.1. The Labute approximate surface area is 95.7 Å². The number of aliphatic imine (C=N–C) groups is 1. The van der Waals surface area contributed by atoms with Crippen molar-refractivity contribution in [3.63, 3.8) is 0 Å². The monoisotopic (exact) mass is 223 g/mol. The molecule has 0 unspecified atom stereocenters. The van der Waals surface area contributed by atoms with E-state index in [0.717, 1.165) is 26.2 Å². The van der Waals surface area contributed by atoms with Crippen LogP contribution < -0.4 is 5.32 Å². The molecule has 1 N–H and O–H groups in total. The van der Waals surface area contributed by atoms with E-state index in [4.69, 9.17) is 0 Å². The fraction of sp³-hybridized carbons (Fsp3) is 0.583. The molecule has 16 heavy (non-hydrogen) atoms. The zero-order valence-electron chi connectivity index (χ0n) is 9.67. The summed E-state index contributed by atoms with van der Waals surface area (Å²) in [6.07, 6.45) is 2.85. The van der Waals surface area contributed by atoms with Crippen LogP contribution in [0.15, 0.2) is 29.2 Å². The fourth-order valence-electron chi connectivity index (χ4n) is 2.38. The molecule has 3 nitrogen and oxygen atoms in total. The van der Waals surface area contributed by atoms with Crippen LogP contribution in [-0.2, 0) is 0 Å². The van der Waals surface area contributed by atoms with E-state index in [1.807, 2.05) is 0 Å². The lowest BCUT2D eigenvalue weighted by molar-refractivity contribution is -0.0336. The lowest BCUT2D eigenvalue weighted by Crippen LogP contribution is -2.71. The third kappa shape index (κ3) is 2.08. The third-order valence-electron chi connectivity index (χ3n) is 3.23. The minimum absolute atomic E-state index is 0.314. The Morgan fingerprint density at radius 1 is 1.56 bits per heavy atom. The van der Waals surface area contributed by atoms with E-state index in [1.54, 1.807) is 13.1 Å². The molecule has 0 aromatic heterocycles. The maximum Gasteiger partial charge on any atom is 0.145 e. The molecule has 0 radical (unpaired) electrons. The summed E-state index contributed by atoms with van der Waals surface area (Å²) in [6, 6.07) is 0. The second-order valence-electron chi connectivity index (χ2n) is 4.63. The van der Waals surface area contributed by atoms with Gasteiger partial charge >= 0.3 is 0 Å². The first-order valence-corrected chi connectivity index (χ1v) is 5.62. The number of hydrogen-bond acceptors (Lipinski definition) is 3. The Morgan fingerprint density at radius 3 is 2.69 bits per heavy atom. The Kier molecular flexibility index (Phi) is 3.21. The number of nitrogens with one attached hydrogen (secondary N) is 1.